The average molecular weight is 285 g/mol. The summed E-state index contributed by atoms with van der Waals surface area (Å²) in [5.41, 5.74) is 3.60. The van der Waals surface area contributed by atoms with Gasteiger partial charge >= 0.3 is 0 Å². The third-order valence-corrected chi connectivity index (χ3v) is 4.24. The van der Waals surface area contributed by atoms with Crippen molar-refractivity contribution in [3.05, 3.63) is 41.2 Å². The first-order chi connectivity index (χ1) is 10.1. The maximum absolute atomic E-state index is 4.64. The summed E-state index contributed by atoms with van der Waals surface area (Å²) in [6.45, 7) is 6.13. The molecule has 1 aliphatic heterocycles. The Morgan fingerprint density at radius 2 is 2.14 bits per heavy atom. The van der Waals surface area contributed by atoms with Crippen LogP contribution < -0.4 is 0 Å². The molecule has 0 saturated carbocycles. The van der Waals surface area contributed by atoms with Gasteiger partial charge in [0.2, 0.25) is 0 Å². The third-order valence-electron chi connectivity index (χ3n) is 4.24. The van der Waals surface area contributed by atoms with E-state index in [-0.39, 0.29) is 0 Å². The molecule has 1 aliphatic rings. The van der Waals surface area contributed by atoms with Gasteiger partial charge in [0.05, 0.1) is 17.4 Å². The second-order valence-electron chi connectivity index (χ2n) is 5.92. The molecule has 0 aliphatic carbocycles. The van der Waals surface area contributed by atoms with Crippen LogP contribution in [0.1, 0.15) is 48.1 Å². The Morgan fingerprint density at radius 1 is 1.29 bits per heavy atom. The smallest absolute Gasteiger partial charge is 0.125 e. The summed E-state index contributed by atoms with van der Waals surface area (Å²) < 4.78 is 1.90. The predicted molar refractivity (Wildman–Crippen MR) is 81.7 cm³/mol. The Labute approximate surface area is 126 Å². The first-order valence-corrected chi connectivity index (χ1v) is 7.66. The molecule has 0 spiro atoms. The molecule has 1 saturated heterocycles. The second kappa shape index (κ2) is 5.93. The largest absolute Gasteiger partial charge is 0.290 e. The molecule has 1 atom stereocenters. The summed E-state index contributed by atoms with van der Waals surface area (Å²) in [6, 6.07) is 2.46. The minimum absolute atomic E-state index is 0.403. The van der Waals surface area contributed by atoms with Gasteiger partial charge in [-0.3, -0.25) is 9.58 Å². The van der Waals surface area contributed by atoms with E-state index >= 15 is 0 Å². The Kier molecular flexibility index (Phi) is 4.01. The van der Waals surface area contributed by atoms with Crippen molar-refractivity contribution in [2.45, 2.75) is 45.7 Å². The van der Waals surface area contributed by atoms with Gasteiger partial charge in [-0.15, -0.1) is 0 Å². The lowest BCUT2D eigenvalue weighted by Gasteiger charge is -2.35. The van der Waals surface area contributed by atoms with Crippen LogP contribution in [0.15, 0.2) is 18.5 Å². The SMILES string of the molecule is Cc1nccc(C2CCCCN2Cc2cn(C)nc2C)n1. The number of hydrogen-bond acceptors (Lipinski definition) is 4. The van der Waals surface area contributed by atoms with Gasteiger partial charge in [-0.1, -0.05) is 6.42 Å². The maximum Gasteiger partial charge on any atom is 0.125 e. The number of aromatic nitrogens is 4. The number of piperidine rings is 1. The number of hydrogen-bond donors (Lipinski definition) is 0. The van der Waals surface area contributed by atoms with Crippen LogP contribution >= 0.6 is 0 Å². The fourth-order valence-electron chi connectivity index (χ4n) is 3.20. The van der Waals surface area contributed by atoms with E-state index in [9.17, 15) is 0 Å². The van der Waals surface area contributed by atoms with Crippen LogP contribution in [0.3, 0.4) is 0 Å². The molecular formula is C16H23N5. The lowest BCUT2D eigenvalue weighted by Crippen LogP contribution is -2.33. The Bertz CT molecular complexity index is 619. The van der Waals surface area contributed by atoms with Crippen molar-refractivity contribution >= 4 is 0 Å². The molecule has 112 valence electrons. The number of likely N-dealkylation sites (tertiary alicyclic amines) is 1. The summed E-state index contributed by atoms with van der Waals surface area (Å²) in [4.78, 5) is 11.4. The summed E-state index contributed by atoms with van der Waals surface area (Å²) in [6.07, 6.45) is 7.72. The van der Waals surface area contributed by atoms with Crippen molar-refractivity contribution in [3.63, 3.8) is 0 Å². The van der Waals surface area contributed by atoms with Gasteiger partial charge in [0.1, 0.15) is 5.82 Å². The van der Waals surface area contributed by atoms with Crippen LogP contribution in [-0.4, -0.2) is 31.2 Å². The lowest BCUT2D eigenvalue weighted by molar-refractivity contribution is 0.136. The van der Waals surface area contributed by atoms with Crippen molar-refractivity contribution in [2.75, 3.05) is 6.54 Å². The van der Waals surface area contributed by atoms with E-state index in [2.05, 4.69) is 39.2 Å². The van der Waals surface area contributed by atoms with Gasteiger partial charge in [-0.2, -0.15) is 5.10 Å². The molecule has 0 radical (unpaired) electrons. The van der Waals surface area contributed by atoms with E-state index in [1.165, 1.54) is 24.8 Å². The second-order valence-corrected chi connectivity index (χ2v) is 5.92. The maximum atomic E-state index is 4.64. The van der Waals surface area contributed by atoms with Crippen LogP contribution in [-0.2, 0) is 13.6 Å². The minimum atomic E-state index is 0.403. The fourth-order valence-corrected chi connectivity index (χ4v) is 3.20. The van der Waals surface area contributed by atoms with Crippen LogP contribution in [0.4, 0.5) is 0 Å². The summed E-state index contributed by atoms with van der Waals surface area (Å²) in [7, 11) is 1.98. The van der Waals surface area contributed by atoms with Gasteiger partial charge in [0.25, 0.3) is 0 Å². The summed E-state index contributed by atoms with van der Waals surface area (Å²) >= 11 is 0. The van der Waals surface area contributed by atoms with Gasteiger partial charge in [0, 0.05) is 31.5 Å². The topological polar surface area (TPSA) is 46.8 Å². The first-order valence-electron chi connectivity index (χ1n) is 7.66. The molecule has 2 aromatic heterocycles. The first kappa shape index (κ1) is 14.2. The Morgan fingerprint density at radius 3 is 2.86 bits per heavy atom. The normalized spacial score (nSPS) is 19.9. The molecule has 2 aromatic rings. The molecule has 0 bridgehead atoms. The average Bonchev–Trinajstić information content (AvgIpc) is 2.77. The van der Waals surface area contributed by atoms with Crippen molar-refractivity contribution in [3.8, 4) is 0 Å². The highest BCUT2D eigenvalue weighted by Gasteiger charge is 2.26. The van der Waals surface area contributed by atoms with E-state index in [4.69, 9.17) is 0 Å². The van der Waals surface area contributed by atoms with Gasteiger partial charge in [0.15, 0.2) is 0 Å². The number of nitrogens with zero attached hydrogens (tertiary/aromatic N) is 5. The summed E-state index contributed by atoms with van der Waals surface area (Å²) in [5, 5.41) is 4.45. The Hall–Kier alpha value is -1.75. The predicted octanol–water partition coefficient (Wildman–Crippen LogP) is 2.55. The van der Waals surface area contributed by atoms with Crippen molar-refractivity contribution < 1.29 is 0 Å². The monoisotopic (exact) mass is 285 g/mol. The zero-order chi connectivity index (χ0) is 14.8. The highest BCUT2D eigenvalue weighted by Crippen LogP contribution is 2.31. The van der Waals surface area contributed by atoms with Crippen molar-refractivity contribution in [2.24, 2.45) is 7.05 Å². The molecule has 5 nitrogen and oxygen atoms in total. The van der Waals surface area contributed by atoms with E-state index in [0.717, 1.165) is 30.3 Å². The minimum Gasteiger partial charge on any atom is -0.290 e. The number of aryl methyl sites for hydroxylation is 3. The van der Waals surface area contributed by atoms with E-state index in [1.54, 1.807) is 0 Å². The van der Waals surface area contributed by atoms with E-state index in [0.29, 0.717) is 6.04 Å². The molecule has 0 aromatic carbocycles. The molecule has 1 unspecified atom stereocenters. The lowest BCUT2D eigenvalue weighted by atomic mass is 9.98. The zero-order valence-electron chi connectivity index (χ0n) is 13.1. The molecule has 0 N–H and O–H groups in total. The van der Waals surface area contributed by atoms with Gasteiger partial charge in [-0.25, -0.2) is 9.97 Å². The Balaban J connectivity index is 1.83. The van der Waals surface area contributed by atoms with Crippen LogP contribution in [0.5, 0.6) is 0 Å². The highest BCUT2D eigenvalue weighted by molar-refractivity contribution is 5.17. The van der Waals surface area contributed by atoms with Crippen molar-refractivity contribution in [1.29, 1.82) is 0 Å². The molecule has 3 rings (SSSR count). The molecule has 0 amide bonds. The quantitative estimate of drug-likeness (QED) is 0.869. The zero-order valence-corrected chi connectivity index (χ0v) is 13.1. The third kappa shape index (κ3) is 3.13. The van der Waals surface area contributed by atoms with Crippen LogP contribution in [0.25, 0.3) is 0 Å². The highest BCUT2D eigenvalue weighted by atomic mass is 15.3. The fraction of sp³-hybridized carbons (Fsp3) is 0.562. The summed E-state index contributed by atoms with van der Waals surface area (Å²) in [5.74, 6) is 0.857. The van der Waals surface area contributed by atoms with E-state index < -0.39 is 0 Å². The number of rotatable bonds is 3. The van der Waals surface area contributed by atoms with Gasteiger partial charge in [-0.05, 0) is 39.3 Å². The van der Waals surface area contributed by atoms with Crippen molar-refractivity contribution in [1.82, 2.24) is 24.6 Å². The van der Waals surface area contributed by atoms with Crippen LogP contribution in [0, 0.1) is 13.8 Å². The standard InChI is InChI=1S/C16H23N5/c1-12-14(10-20(3)19-12)11-21-9-5-4-6-16(21)15-7-8-17-13(2)18-15/h7-8,10,16H,4-6,9,11H2,1-3H3. The molecule has 3 heterocycles. The van der Waals surface area contributed by atoms with E-state index in [1.807, 2.05) is 24.9 Å². The molecule has 5 heteroatoms. The molecule has 21 heavy (non-hydrogen) atoms. The van der Waals surface area contributed by atoms with Gasteiger partial charge < -0.3 is 0 Å². The molecule has 1 fully saturated rings. The van der Waals surface area contributed by atoms with Crippen LogP contribution in [0.2, 0.25) is 0 Å². The molecular weight excluding hydrogens is 262 g/mol.